The van der Waals surface area contributed by atoms with E-state index >= 15 is 0 Å². The van der Waals surface area contributed by atoms with Gasteiger partial charge < -0.3 is 10.2 Å². The summed E-state index contributed by atoms with van der Waals surface area (Å²) in [5.74, 6) is -2.07. The van der Waals surface area contributed by atoms with Crippen molar-refractivity contribution in [3.05, 3.63) is 51.2 Å². The zero-order valence-corrected chi connectivity index (χ0v) is 9.52. The summed E-state index contributed by atoms with van der Waals surface area (Å²) in [6, 6.07) is 6.93. The quantitative estimate of drug-likeness (QED) is 0.481. The van der Waals surface area contributed by atoms with Gasteiger partial charge in [-0.15, -0.1) is 4.91 Å². The van der Waals surface area contributed by atoms with Crippen molar-refractivity contribution in [1.29, 1.82) is 0 Å². The van der Waals surface area contributed by atoms with Crippen LogP contribution in [0.2, 0.25) is 5.02 Å². The summed E-state index contributed by atoms with van der Waals surface area (Å²) in [6.45, 7) is 0. The smallest absolute Gasteiger partial charge is 0.361 e. The monoisotopic (exact) mass is 255 g/mol. The molecular formula is C11H10ClNO4. The minimum atomic E-state index is -1.54. The predicted octanol–water partition coefficient (Wildman–Crippen LogP) is 2.89. The van der Waals surface area contributed by atoms with Crippen LogP contribution in [0.15, 0.2) is 40.9 Å². The molecule has 5 nitrogen and oxygen atoms in total. The summed E-state index contributed by atoms with van der Waals surface area (Å²) in [4.78, 5) is 20.7. The van der Waals surface area contributed by atoms with Crippen LogP contribution in [0.1, 0.15) is 12.0 Å². The lowest BCUT2D eigenvalue weighted by atomic mass is 10.1. The number of carbonyl (C=O) groups is 1. The van der Waals surface area contributed by atoms with Gasteiger partial charge in [-0.2, -0.15) is 0 Å². The van der Waals surface area contributed by atoms with E-state index in [1.807, 2.05) is 0 Å². The number of hydrogen-bond donors (Lipinski definition) is 2. The molecule has 2 N–H and O–H groups in total. The topological polar surface area (TPSA) is 87.0 Å². The largest absolute Gasteiger partial charge is 0.510 e. The molecule has 17 heavy (non-hydrogen) atoms. The van der Waals surface area contributed by atoms with Gasteiger partial charge in [0.05, 0.1) is 0 Å². The Morgan fingerprint density at radius 2 is 2.06 bits per heavy atom. The number of allylic oxidation sites excluding steroid dienone is 1. The highest BCUT2D eigenvalue weighted by atomic mass is 35.5. The van der Waals surface area contributed by atoms with Gasteiger partial charge in [-0.25, -0.2) is 4.79 Å². The fraction of sp³-hybridized carbons (Fsp3) is 0.182. The first-order valence-corrected chi connectivity index (χ1v) is 5.15. The average Bonchev–Trinajstić information content (AvgIpc) is 2.27. The Hall–Kier alpha value is -1.88. The second-order valence-electron chi connectivity index (χ2n) is 3.32. The fourth-order valence-electron chi connectivity index (χ4n) is 1.29. The van der Waals surface area contributed by atoms with Crippen LogP contribution in [0.5, 0.6) is 0 Å². The van der Waals surface area contributed by atoms with Gasteiger partial charge in [-0.05, 0) is 29.3 Å². The van der Waals surface area contributed by atoms with E-state index in [-0.39, 0.29) is 6.42 Å². The Balaban J connectivity index is 2.74. The first-order chi connectivity index (χ1) is 8.04. The van der Waals surface area contributed by atoms with E-state index in [1.54, 1.807) is 24.3 Å². The lowest BCUT2D eigenvalue weighted by Crippen LogP contribution is -2.03. The molecule has 0 unspecified atom stereocenters. The van der Waals surface area contributed by atoms with Gasteiger partial charge in [0.1, 0.15) is 5.76 Å². The molecule has 90 valence electrons. The summed E-state index contributed by atoms with van der Waals surface area (Å²) < 4.78 is 0. The van der Waals surface area contributed by atoms with Gasteiger partial charge in [-0.1, -0.05) is 23.7 Å². The van der Waals surface area contributed by atoms with Gasteiger partial charge in [0.2, 0.25) is 5.70 Å². The molecule has 0 radical (unpaired) electrons. The van der Waals surface area contributed by atoms with Gasteiger partial charge in [-0.3, -0.25) is 0 Å². The fourth-order valence-corrected chi connectivity index (χ4v) is 1.50. The van der Waals surface area contributed by atoms with Crippen LogP contribution < -0.4 is 0 Å². The number of nitrogens with zero attached hydrogens (tertiary/aromatic N) is 1. The number of aliphatic hydroxyl groups excluding tert-OH is 1. The highest BCUT2D eigenvalue weighted by Crippen LogP contribution is 2.15. The summed E-state index contributed by atoms with van der Waals surface area (Å²) >= 11 is 5.76. The third-order valence-corrected chi connectivity index (χ3v) is 2.34. The van der Waals surface area contributed by atoms with E-state index in [4.69, 9.17) is 16.7 Å². The molecule has 0 bridgehead atoms. The first-order valence-electron chi connectivity index (χ1n) is 4.77. The number of carboxylic acid groups (broad SMARTS) is 1. The summed E-state index contributed by atoms with van der Waals surface area (Å²) in [5.41, 5.74) is -0.0216. The second-order valence-corrected chi connectivity index (χ2v) is 3.76. The number of aliphatic hydroxyl groups is 1. The van der Waals surface area contributed by atoms with Crippen molar-refractivity contribution in [3.8, 4) is 0 Å². The number of benzene rings is 1. The zero-order valence-electron chi connectivity index (χ0n) is 8.76. The van der Waals surface area contributed by atoms with Crippen molar-refractivity contribution >= 4 is 17.6 Å². The number of aliphatic carboxylic acids is 1. The van der Waals surface area contributed by atoms with Crippen LogP contribution >= 0.6 is 11.6 Å². The molecule has 0 saturated carbocycles. The van der Waals surface area contributed by atoms with Crippen LogP contribution in [0.4, 0.5) is 0 Å². The maximum atomic E-state index is 10.5. The van der Waals surface area contributed by atoms with E-state index in [2.05, 4.69) is 5.18 Å². The molecule has 0 aliphatic heterocycles. The van der Waals surface area contributed by atoms with Crippen molar-refractivity contribution < 1.29 is 15.0 Å². The van der Waals surface area contributed by atoms with Crippen LogP contribution in [0.25, 0.3) is 0 Å². The molecule has 0 aliphatic rings. The van der Waals surface area contributed by atoms with Crippen molar-refractivity contribution in [2.24, 2.45) is 5.18 Å². The Kier molecular flexibility index (Phi) is 4.66. The maximum Gasteiger partial charge on any atom is 0.361 e. The molecule has 1 aromatic carbocycles. The normalized spacial score (nSPS) is 11.8. The summed E-state index contributed by atoms with van der Waals surface area (Å²) in [5, 5.41) is 20.8. The van der Waals surface area contributed by atoms with Crippen molar-refractivity contribution in [1.82, 2.24) is 0 Å². The molecule has 0 atom stereocenters. The van der Waals surface area contributed by atoms with Crippen LogP contribution in [0.3, 0.4) is 0 Å². The predicted molar refractivity (Wildman–Crippen MR) is 62.9 cm³/mol. The highest BCUT2D eigenvalue weighted by Gasteiger charge is 2.14. The molecule has 0 saturated heterocycles. The van der Waals surface area contributed by atoms with E-state index in [0.29, 0.717) is 11.4 Å². The molecule has 1 aromatic rings. The third-order valence-electron chi connectivity index (χ3n) is 2.11. The van der Waals surface area contributed by atoms with E-state index < -0.39 is 17.4 Å². The Labute approximate surface area is 102 Å². The molecule has 6 heteroatoms. The second kappa shape index (κ2) is 6.00. The minimum Gasteiger partial charge on any atom is -0.510 e. The Morgan fingerprint density at radius 1 is 1.35 bits per heavy atom. The number of hydrogen-bond acceptors (Lipinski definition) is 4. The molecule has 0 aromatic heterocycles. The summed E-state index contributed by atoms with van der Waals surface area (Å²) in [6.07, 6.45) is 0.395. The number of nitroso groups, excluding NO2 is 1. The lowest BCUT2D eigenvalue weighted by molar-refractivity contribution is -0.132. The molecule has 0 heterocycles. The Morgan fingerprint density at radius 3 is 2.59 bits per heavy atom. The van der Waals surface area contributed by atoms with Crippen molar-refractivity contribution in [2.75, 3.05) is 0 Å². The number of aryl methyl sites for hydroxylation is 1. The average molecular weight is 256 g/mol. The molecule has 0 aliphatic carbocycles. The maximum absolute atomic E-state index is 10.5. The van der Waals surface area contributed by atoms with Crippen molar-refractivity contribution in [2.45, 2.75) is 12.8 Å². The van der Waals surface area contributed by atoms with E-state index in [9.17, 15) is 14.8 Å². The minimum absolute atomic E-state index is 0.0215. The number of rotatable bonds is 5. The molecule has 0 fully saturated rings. The van der Waals surface area contributed by atoms with Gasteiger partial charge >= 0.3 is 5.97 Å². The molecular weight excluding hydrogens is 246 g/mol. The Bertz CT molecular complexity index is 470. The molecule has 0 amide bonds. The van der Waals surface area contributed by atoms with Crippen molar-refractivity contribution in [3.63, 3.8) is 0 Å². The molecule has 1 rings (SSSR count). The zero-order chi connectivity index (χ0) is 12.8. The van der Waals surface area contributed by atoms with E-state index in [1.165, 1.54) is 0 Å². The van der Waals surface area contributed by atoms with Crippen LogP contribution in [0, 0.1) is 4.91 Å². The lowest BCUT2D eigenvalue weighted by Gasteiger charge is -2.02. The third kappa shape index (κ3) is 3.88. The SMILES string of the molecule is O=N/C(C(=O)O)=C(/O)CCc1cccc(Cl)c1. The van der Waals surface area contributed by atoms with Crippen LogP contribution in [-0.4, -0.2) is 16.2 Å². The highest BCUT2D eigenvalue weighted by molar-refractivity contribution is 6.30. The first kappa shape index (κ1) is 13.2. The van der Waals surface area contributed by atoms with Crippen LogP contribution in [-0.2, 0) is 11.2 Å². The number of carboxylic acids is 1. The van der Waals surface area contributed by atoms with Gasteiger partial charge in [0, 0.05) is 11.4 Å². The van der Waals surface area contributed by atoms with E-state index in [0.717, 1.165) is 5.56 Å². The number of halogens is 1. The standard InChI is InChI=1S/C11H10ClNO4/c12-8-3-1-2-7(6-8)4-5-9(14)10(13-17)11(15)16/h1-3,6,14H,4-5H2,(H,15,16)/b10-9+. The molecule has 0 spiro atoms. The van der Waals surface area contributed by atoms with Gasteiger partial charge in [0.15, 0.2) is 0 Å². The van der Waals surface area contributed by atoms with Gasteiger partial charge in [0.25, 0.3) is 0 Å². The summed E-state index contributed by atoms with van der Waals surface area (Å²) in [7, 11) is 0.